The van der Waals surface area contributed by atoms with Crippen molar-refractivity contribution < 1.29 is 4.39 Å². The number of unbranched alkanes of at least 4 members (excludes halogenated alkanes) is 1. The maximum absolute atomic E-state index is 14.9. The smallest absolute Gasteiger partial charge is 0.146 e. The summed E-state index contributed by atoms with van der Waals surface area (Å²) in [6, 6.07) is 25.8. The average molecular weight is 431 g/mol. The van der Waals surface area contributed by atoms with Gasteiger partial charge < -0.3 is 0 Å². The average Bonchev–Trinajstić information content (AvgIpc) is 2.87. The summed E-state index contributed by atoms with van der Waals surface area (Å²) in [6.07, 6.45) is 4.48. The van der Waals surface area contributed by atoms with E-state index >= 15 is 0 Å². The van der Waals surface area contributed by atoms with E-state index in [9.17, 15) is 4.39 Å². The van der Waals surface area contributed by atoms with Gasteiger partial charge >= 0.3 is 0 Å². The lowest BCUT2D eigenvalue weighted by molar-refractivity contribution is 0.636. The molecular formula is C32H27F. The number of hydrogen-bond acceptors (Lipinski definition) is 0. The van der Waals surface area contributed by atoms with Crippen LogP contribution in [0.1, 0.15) is 60.1 Å². The third-order valence-electron chi connectivity index (χ3n) is 5.78. The fraction of sp³-hybridized carbons (Fsp3) is 0.188. The number of fused-ring (bicyclic) bond motifs is 1. The van der Waals surface area contributed by atoms with Crippen molar-refractivity contribution in [1.82, 2.24) is 0 Å². The predicted octanol–water partition coefficient (Wildman–Crippen LogP) is 7.68. The van der Waals surface area contributed by atoms with E-state index in [4.69, 9.17) is 0 Å². The van der Waals surface area contributed by atoms with Gasteiger partial charge in [0.2, 0.25) is 0 Å². The zero-order valence-electron chi connectivity index (χ0n) is 19.2. The highest BCUT2D eigenvalue weighted by atomic mass is 19.1. The summed E-state index contributed by atoms with van der Waals surface area (Å²) >= 11 is 0. The van der Waals surface area contributed by atoms with Crippen LogP contribution in [0.2, 0.25) is 0 Å². The minimum Gasteiger partial charge on any atom is -0.205 e. The molecule has 0 fully saturated rings. The maximum Gasteiger partial charge on any atom is 0.146 e. The second-order valence-corrected chi connectivity index (χ2v) is 8.21. The Labute approximate surface area is 196 Å². The van der Waals surface area contributed by atoms with Crippen molar-refractivity contribution >= 4 is 10.8 Å². The van der Waals surface area contributed by atoms with Gasteiger partial charge in [-0.05, 0) is 78.2 Å². The van der Waals surface area contributed by atoms with E-state index in [1.807, 2.05) is 48.5 Å². The van der Waals surface area contributed by atoms with Gasteiger partial charge in [-0.15, -0.1) is 0 Å². The van der Waals surface area contributed by atoms with Crippen LogP contribution in [-0.4, -0.2) is 0 Å². The number of hydrogen-bond donors (Lipinski definition) is 0. The van der Waals surface area contributed by atoms with Crippen molar-refractivity contribution in [3.63, 3.8) is 0 Å². The first-order chi connectivity index (χ1) is 16.2. The van der Waals surface area contributed by atoms with E-state index in [1.54, 1.807) is 6.07 Å². The molecule has 0 saturated heterocycles. The van der Waals surface area contributed by atoms with Gasteiger partial charge in [0.15, 0.2) is 0 Å². The van der Waals surface area contributed by atoms with Gasteiger partial charge in [0.1, 0.15) is 5.82 Å². The first-order valence-electron chi connectivity index (χ1n) is 11.6. The van der Waals surface area contributed by atoms with Crippen molar-refractivity contribution in [2.75, 3.05) is 0 Å². The number of rotatable bonds is 4. The fourth-order valence-corrected chi connectivity index (χ4v) is 3.71. The summed E-state index contributed by atoms with van der Waals surface area (Å²) in [6.45, 7) is 4.31. The molecule has 0 atom stereocenters. The van der Waals surface area contributed by atoms with Gasteiger partial charge in [-0.25, -0.2) is 4.39 Å². The summed E-state index contributed by atoms with van der Waals surface area (Å²) in [4.78, 5) is 0. The molecule has 0 aliphatic rings. The summed E-state index contributed by atoms with van der Waals surface area (Å²) in [5.74, 6) is 12.2. The van der Waals surface area contributed by atoms with Gasteiger partial charge in [0.25, 0.3) is 0 Å². The van der Waals surface area contributed by atoms with Crippen molar-refractivity contribution in [2.45, 2.75) is 39.5 Å². The molecule has 0 heterocycles. The molecule has 0 amide bonds. The largest absolute Gasteiger partial charge is 0.205 e. The Bertz CT molecular complexity index is 1370. The molecule has 4 rings (SSSR count). The Hall–Kier alpha value is -3.81. The van der Waals surface area contributed by atoms with Gasteiger partial charge in [-0.1, -0.05) is 80.3 Å². The molecule has 1 heteroatoms. The quantitative estimate of drug-likeness (QED) is 0.291. The fourth-order valence-electron chi connectivity index (χ4n) is 3.71. The molecule has 0 bridgehead atoms. The third-order valence-corrected chi connectivity index (χ3v) is 5.78. The van der Waals surface area contributed by atoms with E-state index in [-0.39, 0.29) is 5.82 Å². The van der Waals surface area contributed by atoms with Gasteiger partial charge in [0, 0.05) is 22.1 Å². The molecule has 0 unspecified atom stereocenters. The number of halogens is 1. The molecule has 0 N–H and O–H groups in total. The normalized spacial score (nSPS) is 10.3. The van der Waals surface area contributed by atoms with E-state index in [0.29, 0.717) is 10.9 Å². The van der Waals surface area contributed by atoms with E-state index < -0.39 is 0 Å². The van der Waals surface area contributed by atoms with Crippen molar-refractivity contribution in [3.8, 4) is 23.7 Å². The summed E-state index contributed by atoms with van der Waals surface area (Å²) in [7, 11) is 0. The minimum atomic E-state index is -0.258. The predicted molar refractivity (Wildman–Crippen MR) is 137 cm³/mol. The molecule has 4 aromatic rings. The van der Waals surface area contributed by atoms with Gasteiger partial charge in [-0.2, -0.15) is 0 Å². The van der Waals surface area contributed by atoms with Crippen LogP contribution in [0.25, 0.3) is 10.8 Å². The SMILES string of the molecule is CCCCc1ccc(C#Cc2ccc(C#Cc3ccc4cc(CC)ccc4c3F)cc2)cc1. The minimum absolute atomic E-state index is 0.258. The lowest BCUT2D eigenvalue weighted by Gasteiger charge is -2.04. The Kier molecular flexibility index (Phi) is 7.24. The summed E-state index contributed by atoms with van der Waals surface area (Å²) in [5, 5.41) is 1.53. The highest BCUT2D eigenvalue weighted by Gasteiger charge is 2.06. The molecule has 0 spiro atoms. The molecule has 0 aliphatic heterocycles. The molecule has 0 radical (unpaired) electrons. The van der Waals surface area contributed by atoms with Crippen molar-refractivity contribution in [2.24, 2.45) is 0 Å². The van der Waals surface area contributed by atoms with Gasteiger partial charge in [-0.3, -0.25) is 0 Å². The van der Waals surface area contributed by atoms with E-state index in [2.05, 4.69) is 61.8 Å². The molecule has 162 valence electrons. The summed E-state index contributed by atoms with van der Waals surface area (Å²) < 4.78 is 14.9. The molecule has 0 saturated carbocycles. The second kappa shape index (κ2) is 10.7. The number of aryl methyl sites for hydroxylation is 2. The highest BCUT2D eigenvalue weighted by Crippen LogP contribution is 2.22. The number of benzene rings is 4. The van der Waals surface area contributed by atoms with Crippen LogP contribution >= 0.6 is 0 Å². The molecule has 33 heavy (non-hydrogen) atoms. The third kappa shape index (κ3) is 5.71. The molecule has 4 aromatic carbocycles. The van der Waals surface area contributed by atoms with Crippen LogP contribution in [0.5, 0.6) is 0 Å². The monoisotopic (exact) mass is 430 g/mol. The van der Waals surface area contributed by atoms with E-state index in [0.717, 1.165) is 34.9 Å². The van der Waals surface area contributed by atoms with Crippen LogP contribution in [-0.2, 0) is 12.8 Å². The zero-order valence-corrected chi connectivity index (χ0v) is 19.2. The molecule has 0 nitrogen and oxygen atoms in total. The maximum atomic E-state index is 14.9. The topological polar surface area (TPSA) is 0 Å². The van der Waals surface area contributed by atoms with Crippen LogP contribution < -0.4 is 0 Å². The second-order valence-electron chi connectivity index (χ2n) is 8.21. The molecule has 0 aliphatic carbocycles. The van der Waals surface area contributed by atoms with Crippen LogP contribution in [0.4, 0.5) is 4.39 Å². The lowest BCUT2D eigenvalue weighted by atomic mass is 10.0. The zero-order chi connectivity index (χ0) is 23.0. The Morgan fingerprint density at radius 2 is 1.21 bits per heavy atom. The van der Waals surface area contributed by atoms with Gasteiger partial charge in [0.05, 0.1) is 5.56 Å². The summed E-state index contributed by atoms with van der Waals surface area (Å²) in [5.41, 5.74) is 5.75. The Balaban J connectivity index is 1.47. The lowest BCUT2D eigenvalue weighted by Crippen LogP contribution is -1.88. The van der Waals surface area contributed by atoms with Crippen molar-refractivity contribution in [1.29, 1.82) is 0 Å². The Morgan fingerprint density at radius 1 is 0.636 bits per heavy atom. The first-order valence-corrected chi connectivity index (χ1v) is 11.6. The van der Waals surface area contributed by atoms with Crippen molar-refractivity contribution in [3.05, 3.63) is 118 Å². The van der Waals surface area contributed by atoms with Crippen LogP contribution in [0.15, 0.2) is 78.9 Å². The van der Waals surface area contributed by atoms with Crippen LogP contribution in [0, 0.1) is 29.5 Å². The highest BCUT2D eigenvalue weighted by molar-refractivity contribution is 5.85. The molecule has 0 aromatic heterocycles. The van der Waals surface area contributed by atoms with Crippen LogP contribution in [0.3, 0.4) is 0 Å². The van der Waals surface area contributed by atoms with E-state index in [1.165, 1.54) is 24.0 Å². The standard InChI is InChI=1S/C32H27F/c1-3-5-6-25-7-9-26(10-8-25)11-12-27-13-15-28(16-14-27)17-19-29-20-21-30-23-24(4-2)18-22-31(30)32(29)33/h7-10,13-16,18,20-23H,3-6H2,1-2H3. The Morgan fingerprint density at radius 3 is 1.82 bits per heavy atom. The first kappa shape index (κ1) is 22.4. The molecular weight excluding hydrogens is 403 g/mol.